The van der Waals surface area contributed by atoms with E-state index in [9.17, 15) is 18.0 Å². The fourth-order valence-corrected chi connectivity index (χ4v) is 4.86. The number of rotatable bonds is 4. The van der Waals surface area contributed by atoms with E-state index in [0.717, 1.165) is 37.4 Å². The SMILES string of the molecule is CCCC1C(c2ccc(C(=O)N3CCCCC3)s2)=NN(C)C1C(F)(F)F. The van der Waals surface area contributed by atoms with Gasteiger partial charge in [0.15, 0.2) is 6.04 Å². The second kappa shape index (κ2) is 7.58. The Labute approximate surface area is 155 Å². The molecule has 26 heavy (non-hydrogen) atoms. The zero-order valence-electron chi connectivity index (χ0n) is 15.1. The first-order chi connectivity index (χ1) is 12.3. The molecule has 2 atom stereocenters. The van der Waals surface area contributed by atoms with E-state index in [1.807, 2.05) is 11.8 Å². The number of hydrogen-bond donors (Lipinski definition) is 0. The van der Waals surface area contributed by atoms with Crippen molar-refractivity contribution in [3.05, 3.63) is 21.9 Å². The number of hydrogen-bond acceptors (Lipinski definition) is 4. The van der Waals surface area contributed by atoms with Crippen molar-refractivity contribution in [2.24, 2.45) is 11.0 Å². The third-order valence-corrected chi connectivity index (χ3v) is 6.14. The minimum absolute atomic E-state index is 0.0210. The Kier molecular flexibility index (Phi) is 5.60. The molecule has 1 aromatic rings. The van der Waals surface area contributed by atoms with Crippen molar-refractivity contribution in [2.75, 3.05) is 20.1 Å². The van der Waals surface area contributed by atoms with Crippen molar-refractivity contribution >= 4 is 23.0 Å². The van der Waals surface area contributed by atoms with Crippen LogP contribution in [0.15, 0.2) is 17.2 Å². The molecule has 3 heterocycles. The van der Waals surface area contributed by atoms with Crippen molar-refractivity contribution in [3.8, 4) is 0 Å². The quantitative estimate of drug-likeness (QED) is 0.769. The molecule has 0 aliphatic carbocycles. The summed E-state index contributed by atoms with van der Waals surface area (Å²) in [5.41, 5.74) is 0.458. The van der Waals surface area contributed by atoms with Crippen molar-refractivity contribution in [2.45, 2.75) is 51.2 Å². The standard InChI is InChI=1S/C18H24F3N3OS/c1-3-7-12-15(22-23(2)16(12)18(19,20)21)13-8-9-14(26-13)17(25)24-10-5-4-6-11-24/h8-9,12,16H,3-7,10-11H2,1-2H3. The predicted octanol–water partition coefficient (Wildman–Crippen LogP) is 4.37. The van der Waals surface area contributed by atoms with Gasteiger partial charge in [-0.05, 0) is 37.8 Å². The monoisotopic (exact) mass is 387 g/mol. The lowest BCUT2D eigenvalue weighted by atomic mass is 9.90. The summed E-state index contributed by atoms with van der Waals surface area (Å²) in [4.78, 5) is 15.7. The Morgan fingerprint density at radius 2 is 1.96 bits per heavy atom. The molecule has 2 aliphatic rings. The van der Waals surface area contributed by atoms with Crippen molar-refractivity contribution in [1.29, 1.82) is 0 Å². The molecule has 0 N–H and O–H groups in total. The Morgan fingerprint density at radius 3 is 2.58 bits per heavy atom. The molecule has 8 heteroatoms. The molecule has 1 fully saturated rings. The number of piperidine rings is 1. The third-order valence-electron chi connectivity index (χ3n) is 5.05. The van der Waals surface area contributed by atoms with Crippen molar-refractivity contribution < 1.29 is 18.0 Å². The van der Waals surface area contributed by atoms with Gasteiger partial charge in [0, 0.05) is 26.1 Å². The fraction of sp³-hybridized carbons (Fsp3) is 0.667. The second-order valence-corrected chi connectivity index (χ2v) is 8.04. The van der Waals surface area contributed by atoms with Gasteiger partial charge in [0.05, 0.1) is 15.5 Å². The van der Waals surface area contributed by atoms with E-state index in [0.29, 0.717) is 28.3 Å². The highest BCUT2D eigenvalue weighted by atomic mass is 32.1. The van der Waals surface area contributed by atoms with Crippen molar-refractivity contribution in [1.82, 2.24) is 9.91 Å². The van der Waals surface area contributed by atoms with Crippen LogP contribution in [0.4, 0.5) is 13.2 Å². The second-order valence-electron chi connectivity index (χ2n) is 6.96. The summed E-state index contributed by atoms with van der Waals surface area (Å²) in [5.74, 6) is -0.714. The minimum atomic E-state index is -4.33. The maximum atomic E-state index is 13.5. The maximum absolute atomic E-state index is 13.5. The zero-order valence-corrected chi connectivity index (χ0v) is 15.9. The molecule has 1 amide bonds. The van der Waals surface area contributed by atoms with Crippen molar-refractivity contribution in [3.63, 3.8) is 0 Å². The number of hydrazone groups is 1. The summed E-state index contributed by atoms with van der Waals surface area (Å²) in [6, 6.07) is 1.88. The van der Waals surface area contributed by atoms with Gasteiger partial charge in [-0.25, -0.2) is 0 Å². The average molecular weight is 387 g/mol. The number of likely N-dealkylation sites (tertiary alicyclic amines) is 1. The highest BCUT2D eigenvalue weighted by Crippen LogP contribution is 2.39. The van der Waals surface area contributed by atoms with Crippen LogP contribution in [0.3, 0.4) is 0 Å². The Bertz CT molecular complexity index is 679. The molecular formula is C18H24F3N3OS. The van der Waals surface area contributed by atoms with Gasteiger partial charge in [0.2, 0.25) is 0 Å². The summed E-state index contributed by atoms with van der Waals surface area (Å²) in [5, 5.41) is 5.24. The van der Waals surface area contributed by atoms with E-state index in [4.69, 9.17) is 0 Å². The van der Waals surface area contributed by atoms with Crippen LogP contribution >= 0.6 is 11.3 Å². The van der Waals surface area contributed by atoms with E-state index in [1.165, 1.54) is 18.4 Å². The topological polar surface area (TPSA) is 35.9 Å². The number of thiophene rings is 1. The lowest BCUT2D eigenvalue weighted by Crippen LogP contribution is -2.43. The van der Waals surface area contributed by atoms with Gasteiger partial charge in [-0.1, -0.05) is 13.3 Å². The van der Waals surface area contributed by atoms with Crippen LogP contribution in [-0.4, -0.2) is 53.9 Å². The van der Waals surface area contributed by atoms with E-state index in [-0.39, 0.29) is 5.91 Å². The molecule has 4 nitrogen and oxygen atoms in total. The Balaban J connectivity index is 1.83. The van der Waals surface area contributed by atoms with Crippen LogP contribution in [0.2, 0.25) is 0 Å². The molecule has 0 bridgehead atoms. The first kappa shape index (κ1) is 19.2. The number of halogens is 3. The van der Waals surface area contributed by atoms with Crippen LogP contribution in [0.1, 0.15) is 53.6 Å². The first-order valence-electron chi connectivity index (χ1n) is 9.10. The van der Waals surface area contributed by atoms with E-state index in [1.54, 1.807) is 12.1 Å². The molecule has 0 radical (unpaired) electrons. The van der Waals surface area contributed by atoms with Crippen LogP contribution in [0.5, 0.6) is 0 Å². The Hall–Kier alpha value is -1.57. The lowest BCUT2D eigenvalue weighted by molar-refractivity contribution is -0.184. The highest BCUT2D eigenvalue weighted by molar-refractivity contribution is 7.16. The minimum Gasteiger partial charge on any atom is -0.338 e. The zero-order chi connectivity index (χ0) is 18.9. The summed E-state index contributed by atoms with van der Waals surface area (Å²) in [6.07, 6.45) is -0.111. The van der Waals surface area contributed by atoms with Gasteiger partial charge in [-0.3, -0.25) is 9.80 Å². The Morgan fingerprint density at radius 1 is 1.27 bits per heavy atom. The van der Waals surface area contributed by atoms with Crippen LogP contribution in [0.25, 0.3) is 0 Å². The largest absolute Gasteiger partial charge is 0.411 e. The summed E-state index contributed by atoms with van der Waals surface area (Å²) < 4.78 is 40.4. The normalized spacial score (nSPS) is 24.1. The summed E-state index contributed by atoms with van der Waals surface area (Å²) in [6.45, 7) is 3.39. The predicted molar refractivity (Wildman–Crippen MR) is 96.6 cm³/mol. The summed E-state index contributed by atoms with van der Waals surface area (Å²) >= 11 is 1.26. The number of nitrogens with zero attached hydrogens (tertiary/aromatic N) is 3. The number of amides is 1. The smallest absolute Gasteiger partial charge is 0.338 e. The summed E-state index contributed by atoms with van der Waals surface area (Å²) in [7, 11) is 1.38. The molecule has 0 saturated carbocycles. The molecular weight excluding hydrogens is 363 g/mol. The lowest BCUT2D eigenvalue weighted by Gasteiger charge is -2.27. The molecule has 2 unspecified atom stereocenters. The average Bonchev–Trinajstić information content (AvgIpc) is 3.19. The number of carbonyl (C=O) groups excluding carboxylic acids is 1. The maximum Gasteiger partial charge on any atom is 0.411 e. The van der Waals surface area contributed by atoms with E-state index < -0.39 is 18.1 Å². The van der Waals surface area contributed by atoms with E-state index >= 15 is 0 Å². The van der Waals surface area contributed by atoms with Gasteiger partial charge >= 0.3 is 6.18 Å². The molecule has 1 aromatic heterocycles. The van der Waals surface area contributed by atoms with Crippen LogP contribution in [-0.2, 0) is 0 Å². The number of alkyl halides is 3. The molecule has 1 saturated heterocycles. The molecule has 0 spiro atoms. The highest BCUT2D eigenvalue weighted by Gasteiger charge is 2.52. The molecule has 2 aliphatic heterocycles. The first-order valence-corrected chi connectivity index (χ1v) is 9.92. The van der Waals surface area contributed by atoms with Gasteiger partial charge in [0.25, 0.3) is 5.91 Å². The van der Waals surface area contributed by atoms with Crippen LogP contribution in [0, 0.1) is 5.92 Å². The molecule has 144 valence electrons. The third kappa shape index (κ3) is 3.75. The van der Waals surface area contributed by atoms with Gasteiger partial charge in [-0.15, -0.1) is 11.3 Å². The van der Waals surface area contributed by atoms with Crippen LogP contribution < -0.4 is 0 Å². The van der Waals surface area contributed by atoms with Gasteiger partial charge in [-0.2, -0.15) is 18.3 Å². The molecule has 0 aromatic carbocycles. The fourth-order valence-electron chi connectivity index (χ4n) is 3.84. The van der Waals surface area contributed by atoms with E-state index in [2.05, 4.69) is 5.10 Å². The van der Waals surface area contributed by atoms with Gasteiger partial charge < -0.3 is 4.90 Å². The van der Waals surface area contributed by atoms with Gasteiger partial charge in [0.1, 0.15) is 0 Å². The molecule has 3 rings (SSSR count). The number of carbonyl (C=O) groups is 1.